The van der Waals surface area contributed by atoms with Gasteiger partial charge in [0, 0.05) is 12.5 Å². The van der Waals surface area contributed by atoms with E-state index in [4.69, 9.17) is 0 Å². The van der Waals surface area contributed by atoms with Gasteiger partial charge in [-0.15, -0.1) is 0 Å². The van der Waals surface area contributed by atoms with E-state index in [9.17, 15) is 4.79 Å². The molecule has 0 aromatic heterocycles. The first-order valence-electron chi connectivity index (χ1n) is 6.88. The number of nitrogens with one attached hydrogen (secondary N) is 1. The van der Waals surface area contributed by atoms with Crippen molar-refractivity contribution in [2.75, 3.05) is 6.54 Å². The average molecular weight is 247 g/mol. The van der Waals surface area contributed by atoms with Crippen LogP contribution in [0, 0.1) is 19.8 Å². The lowest BCUT2D eigenvalue weighted by molar-refractivity contribution is -0.124. The van der Waals surface area contributed by atoms with Crippen molar-refractivity contribution >= 4 is 5.91 Å². The van der Waals surface area contributed by atoms with E-state index in [1.54, 1.807) is 0 Å². The highest BCUT2D eigenvalue weighted by molar-refractivity contribution is 5.78. The highest BCUT2D eigenvalue weighted by Gasteiger charge is 2.08. The van der Waals surface area contributed by atoms with E-state index in [-0.39, 0.29) is 11.8 Å². The summed E-state index contributed by atoms with van der Waals surface area (Å²) in [6, 6.07) is 6.55. The normalized spacial score (nSPS) is 12.2. The summed E-state index contributed by atoms with van der Waals surface area (Å²) < 4.78 is 0. The fourth-order valence-electron chi connectivity index (χ4n) is 1.92. The van der Waals surface area contributed by atoms with Crippen LogP contribution in [-0.2, 0) is 11.2 Å². The van der Waals surface area contributed by atoms with Crippen molar-refractivity contribution in [1.82, 2.24) is 5.32 Å². The van der Waals surface area contributed by atoms with Gasteiger partial charge < -0.3 is 5.32 Å². The van der Waals surface area contributed by atoms with Crippen molar-refractivity contribution in [3.63, 3.8) is 0 Å². The third kappa shape index (κ3) is 4.52. The van der Waals surface area contributed by atoms with Crippen LogP contribution in [0.15, 0.2) is 18.2 Å². The summed E-state index contributed by atoms with van der Waals surface area (Å²) in [6.45, 7) is 9.05. The van der Waals surface area contributed by atoms with Gasteiger partial charge in [-0.2, -0.15) is 0 Å². The van der Waals surface area contributed by atoms with Gasteiger partial charge in [-0.3, -0.25) is 4.79 Å². The van der Waals surface area contributed by atoms with Gasteiger partial charge in [0.1, 0.15) is 0 Å². The minimum Gasteiger partial charge on any atom is -0.356 e. The molecular weight excluding hydrogens is 222 g/mol. The van der Waals surface area contributed by atoms with Crippen LogP contribution in [0.3, 0.4) is 0 Å². The maximum atomic E-state index is 11.6. The summed E-state index contributed by atoms with van der Waals surface area (Å²) >= 11 is 0. The van der Waals surface area contributed by atoms with Crippen LogP contribution in [-0.4, -0.2) is 12.5 Å². The molecule has 0 aliphatic carbocycles. The molecule has 1 amide bonds. The molecule has 2 nitrogen and oxygen atoms in total. The first-order chi connectivity index (χ1) is 8.54. The largest absolute Gasteiger partial charge is 0.356 e. The summed E-state index contributed by atoms with van der Waals surface area (Å²) in [7, 11) is 0. The quantitative estimate of drug-likeness (QED) is 0.767. The molecule has 0 saturated heterocycles. The van der Waals surface area contributed by atoms with Crippen LogP contribution in [0.25, 0.3) is 0 Å². The van der Waals surface area contributed by atoms with Crippen molar-refractivity contribution in [1.29, 1.82) is 0 Å². The minimum absolute atomic E-state index is 0.130. The SMILES string of the molecule is CCC(C)C(=O)NCCCc1cc(C)ccc1C. The Morgan fingerprint density at radius 3 is 2.72 bits per heavy atom. The van der Waals surface area contributed by atoms with Crippen LogP contribution in [0.2, 0.25) is 0 Å². The van der Waals surface area contributed by atoms with Gasteiger partial charge >= 0.3 is 0 Å². The Balaban J connectivity index is 2.34. The van der Waals surface area contributed by atoms with E-state index in [0.717, 1.165) is 25.8 Å². The second-order valence-electron chi connectivity index (χ2n) is 5.13. The number of hydrogen-bond donors (Lipinski definition) is 1. The predicted octanol–water partition coefficient (Wildman–Crippen LogP) is 3.40. The molecule has 1 atom stereocenters. The fraction of sp³-hybridized carbons (Fsp3) is 0.562. The Morgan fingerprint density at radius 2 is 2.06 bits per heavy atom. The lowest BCUT2D eigenvalue weighted by Crippen LogP contribution is -2.29. The van der Waals surface area contributed by atoms with Crippen LogP contribution < -0.4 is 5.32 Å². The van der Waals surface area contributed by atoms with E-state index in [0.29, 0.717) is 0 Å². The molecule has 0 bridgehead atoms. The summed E-state index contributed by atoms with van der Waals surface area (Å²) in [5.74, 6) is 0.309. The van der Waals surface area contributed by atoms with Gasteiger partial charge in [0.15, 0.2) is 0 Å². The van der Waals surface area contributed by atoms with E-state index in [1.165, 1.54) is 16.7 Å². The molecule has 1 aromatic carbocycles. The number of carbonyl (C=O) groups is 1. The molecule has 0 spiro atoms. The van der Waals surface area contributed by atoms with Crippen LogP contribution in [0.1, 0.15) is 43.4 Å². The van der Waals surface area contributed by atoms with Crippen molar-refractivity contribution in [2.45, 2.75) is 47.0 Å². The van der Waals surface area contributed by atoms with Crippen molar-refractivity contribution in [2.24, 2.45) is 5.92 Å². The van der Waals surface area contributed by atoms with Crippen molar-refractivity contribution in [3.05, 3.63) is 34.9 Å². The van der Waals surface area contributed by atoms with Crippen molar-refractivity contribution in [3.8, 4) is 0 Å². The fourth-order valence-corrected chi connectivity index (χ4v) is 1.92. The molecule has 1 aromatic rings. The van der Waals surface area contributed by atoms with Crippen molar-refractivity contribution < 1.29 is 4.79 Å². The van der Waals surface area contributed by atoms with Gasteiger partial charge in [-0.25, -0.2) is 0 Å². The Bertz CT molecular complexity index is 398. The van der Waals surface area contributed by atoms with E-state index in [2.05, 4.69) is 37.4 Å². The molecule has 1 N–H and O–H groups in total. The number of amides is 1. The van der Waals surface area contributed by atoms with E-state index < -0.39 is 0 Å². The number of carbonyl (C=O) groups excluding carboxylic acids is 1. The molecule has 0 saturated carbocycles. The lowest BCUT2D eigenvalue weighted by Gasteiger charge is -2.11. The third-order valence-electron chi connectivity index (χ3n) is 3.49. The van der Waals surface area contributed by atoms with Crippen LogP contribution >= 0.6 is 0 Å². The standard InChI is InChI=1S/C16H25NO/c1-5-13(3)16(18)17-10-6-7-15-11-12(2)8-9-14(15)4/h8-9,11,13H,5-7,10H2,1-4H3,(H,17,18). The number of hydrogen-bond acceptors (Lipinski definition) is 1. The molecule has 100 valence electrons. The molecule has 18 heavy (non-hydrogen) atoms. The maximum absolute atomic E-state index is 11.6. The molecular formula is C16H25NO. The Hall–Kier alpha value is -1.31. The molecule has 0 aliphatic rings. The summed E-state index contributed by atoms with van der Waals surface area (Å²) in [5, 5.41) is 3.00. The smallest absolute Gasteiger partial charge is 0.222 e. The number of aryl methyl sites for hydroxylation is 3. The zero-order chi connectivity index (χ0) is 13.5. The average Bonchev–Trinajstić information content (AvgIpc) is 2.37. The maximum Gasteiger partial charge on any atom is 0.222 e. The first kappa shape index (κ1) is 14.7. The predicted molar refractivity (Wildman–Crippen MR) is 76.7 cm³/mol. The molecule has 0 radical (unpaired) electrons. The molecule has 1 unspecified atom stereocenters. The second-order valence-corrected chi connectivity index (χ2v) is 5.13. The molecule has 1 rings (SSSR count). The topological polar surface area (TPSA) is 29.1 Å². The zero-order valence-electron chi connectivity index (χ0n) is 12.0. The van der Waals surface area contributed by atoms with Gasteiger partial charge in [0.25, 0.3) is 0 Å². The lowest BCUT2D eigenvalue weighted by atomic mass is 10.0. The Morgan fingerprint density at radius 1 is 1.33 bits per heavy atom. The van der Waals surface area contributed by atoms with Crippen LogP contribution in [0.5, 0.6) is 0 Å². The zero-order valence-corrected chi connectivity index (χ0v) is 12.0. The third-order valence-corrected chi connectivity index (χ3v) is 3.49. The molecule has 2 heteroatoms. The highest BCUT2D eigenvalue weighted by Crippen LogP contribution is 2.12. The van der Waals surface area contributed by atoms with Gasteiger partial charge in [-0.05, 0) is 44.2 Å². The molecule has 0 fully saturated rings. The molecule has 0 aliphatic heterocycles. The molecule has 0 heterocycles. The second kappa shape index (κ2) is 7.20. The Labute approximate surface area is 111 Å². The minimum atomic E-state index is 0.130. The van der Waals surface area contributed by atoms with Gasteiger partial charge in [0.2, 0.25) is 5.91 Å². The van der Waals surface area contributed by atoms with Gasteiger partial charge in [0.05, 0.1) is 0 Å². The van der Waals surface area contributed by atoms with E-state index in [1.807, 2.05) is 13.8 Å². The summed E-state index contributed by atoms with van der Waals surface area (Å²) in [5.41, 5.74) is 4.04. The van der Waals surface area contributed by atoms with Crippen LogP contribution in [0.4, 0.5) is 0 Å². The summed E-state index contributed by atoms with van der Waals surface area (Å²) in [4.78, 5) is 11.6. The number of rotatable bonds is 6. The monoisotopic (exact) mass is 247 g/mol. The van der Waals surface area contributed by atoms with Gasteiger partial charge in [-0.1, -0.05) is 37.6 Å². The first-order valence-corrected chi connectivity index (χ1v) is 6.88. The highest BCUT2D eigenvalue weighted by atomic mass is 16.1. The summed E-state index contributed by atoms with van der Waals surface area (Å²) in [6.07, 6.45) is 2.95. The van der Waals surface area contributed by atoms with E-state index >= 15 is 0 Å². The Kier molecular flexibility index (Phi) is 5.90. The number of benzene rings is 1.